The Morgan fingerprint density at radius 3 is 2.62 bits per heavy atom. The van der Waals surface area contributed by atoms with Crippen LogP contribution >= 0.6 is 0 Å². The lowest BCUT2D eigenvalue weighted by atomic mass is 10.1. The van der Waals surface area contributed by atoms with Crippen molar-refractivity contribution in [2.45, 2.75) is 38.3 Å². The Morgan fingerprint density at radius 1 is 1.24 bits per heavy atom. The van der Waals surface area contributed by atoms with E-state index in [2.05, 4.69) is 26.3 Å². The molecule has 2 aromatic rings. The van der Waals surface area contributed by atoms with E-state index in [-0.39, 0.29) is 13.1 Å². The maximum absolute atomic E-state index is 12.2. The molecule has 1 aromatic heterocycles. The number of benzene rings is 1. The molecule has 1 aliphatic carbocycles. The molecule has 1 atom stereocenters. The van der Waals surface area contributed by atoms with Gasteiger partial charge >= 0.3 is 0 Å². The molecule has 1 saturated heterocycles. The number of rotatable bonds is 5. The predicted octanol–water partition coefficient (Wildman–Crippen LogP) is 2.00. The van der Waals surface area contributed by atoms with E-state index in [9.17, 15) is 4.79 Å². The third-order valence-corrected chi connectivity index (χ3v) is 5.01. The molecule has 2 aliphatic rings. The van der Waals surface area contributed by atoms with Crippen molar-refractivity contribution in [2.75, 3.05) is 13.2 Å². The summed E-state index contributed by atoms with van der Waals surface area (Å²) in [5.41, 5.74) is 1.98. The van der Waals surface area contributed by atoms with Gasteiger partial charge in [0, 0.05) is 61.4 Å². The highest BCUT2D eigenvalue weighted by molar-refractivity contribution is 5.79. The van der Waals surface area contributed by atoms with Crippen molar-refractivity contribution in [2.24, 2.45) is 5.92 Å². The van der Waals surface area contributed by atoms with Crippen molar-refractivity contribution in [1.82, 2.24) is 14.5 Å². The molecule has 0 spiro atoms. The van der Waals surface area contributed by atoms with Crippen LogP contribution in [0.4, 0.5) is 0 Å². The number of carbonyl (C=O) groups is 2. The third-order valence-electron chi connectivity index (χ3n) is 5.01. The molecule has 1 unspecified atom stereocenters. The first-order chi connectivity index (χ1) is 14.2. The summed E-state index contributed by atoms with van der Waals surface area (Å²) < 4.78 is 2.15. The molecule has 4 rings (SSSR count). The van der Waals surface area contributed by atoms with Crippen molar-refractivity contribution in [3.8, 4) is 23.2 Å². The van der Waals surface area contributed by atoms with Crippen LogP contribution in [0.2, 0.25) is 0 Å². The minimum atomic E-state index is -0.250. The minimum Gasteiger partial charge on any atom is -0.483 e. The number of carboxylic acid groups (broad SMARTS) is 1. The Hall–Kier alpha value is -3.11. The molecule has 2 fully saturated rings. The summed E-state index contributed by atoms with van der Waals surface area (Å²) in [7, 11) is 0. The summed E-state index contributed by atoms with van der Waals surface area (Å²) >= 11 is 0. The van der Waals surface area contributed by atoms with Crippen molar-refractivity contribution in [3.63, 3.8) is 0 Å². The highest BCUT2D eigenvalue weighted by Crippen LogP contribution is 2.33. The quantitative estimate of drug-likeness (QED) is 0.596. The van der Waals surface area contributed by atoms with Gasteiger partial charge in [-0.25, -0.2) is 4.98 Å². The zero-order valence-corrected chi connectivity index (χ0v) is 16.2. The normalized spacial score (nSPS) is 17.9. The molecule has 0 radical (unpaired) electrons. The number of likely N-dealkylation sites (tertiary alicyclic amines) is 1. The van der Waals surface area contributed by atoms with Gasteiger partial charge in [0.25, 0.3) is 6.47 Å². The maximum atomic E-state index is 12.2. The number of aliphatic hydroxyl groups excluding tert-OH is 1. The van der Waals surface area contributed by atoms with E-state index < -0.39 is 0 Å². The SMILES string of the molecule is O=C1CC(Cn2ccnc2-c2ccc(C#CCCO)cc2)CN1C1CC1.O=CO. The van der Waals surface area contributed by atoms with Crippen LogP contribution in [0, 0.1) is 17.8 Å². The topological polar surface area (TPSA) is 95.7 Å². The first-order valence-electron chi connectivity index (χ1n) is 9.75. The van der Waals surface area contributed by atoms with E-state index in [4.69, 9.17) is 15.0 Å². The van der Waals surface area contributed by atoms with E-state index in [1.165, 1.54) is 12.8 Å². The average molecular weight is 395 g/mol. The Bertz CT molecular complexity index is 891. The van der Waals surface area contributed by atoms with E-state index in [1.807, 2.05) is 36.7 Å². The first-order valence-corrected chi connectivity index (χ1v) is 9.75. The number of amides is 1. The molecule has 2 heterocycles. The highest BCUT2D eigenvalue weighted by Gasteiger charge is 2.39. The molecule has 7 nitrogen and oxygen atoms in total. The van der Waals surface area contributed by atoms with Crippen LogP contribution in [-0.4, -0.2) is 56.2 Å². The average Bonchev–Trinajstić information content (AvgIpc) is 3.35. The third kappa shape index (κ3) is 5.46. The Kier molecular flexibility index (Phi) is 7.04. The first kappa shape index (κ1) is 20.6. The Balaban J connectivity index is 0.000000755. The van der Waals surface area contributed by atoms with Gasteiger partial charge in [0.15, 0.2) is 0 Å². The number of aliphatic hydroxyl groups is 1. The summed E-state index contributed by atoms with van der Waals surface area (Å²) in [5.74, 6) is 7.57. The zero-order chi connectivity index (χ0) is 20.6. The molecular weight excluding hydrogens is 370 g/mol. The van der Waals surface area contributed by atoms with Crippen molar-refractivity contribution < 1.29 is 19.8 Å². The van der Waals surface area contributed by atoms with Crippen LogP contribution in [0.15, 0.2) is 36.7 Å². The van der Waals surface area contributed by atoms with E-state index >= 15 is 0 Å². The van der Waals surface area contributed by atoms with Gasteiger partial charge in [-0.1, -0.05) is 24.0 Å². The molecule has 29 heavy (non-hydrogen) atoms. The summed E-state index contributed by atoms with van der Waals surface area (Å²) in [6.45, 7) is 1.53. The number of carbonyl (C=O) groups excluding carboxylic acids is 1. The second-order valence-electron chi connectivity index (χ2n) is 7.21. The van der Waals surface area contributed by atoms with Gasteiger partial charge in [0.1, 0.15) is 5.82 Å². The van der Waals surface area contributed by atoms with E-state index in [0.717, 1.165) is 30.0 Å². The second kappa shape index (κ2) is 9.89. The fourth-order valence-electron chi connectivity index (χ4n) is 3.59. The van der Waals surface area contributed by atoms with Crippen LogP contribution in [0.1, 0.15) is 31.2 Å². The van der Waals surface area contributed by atoms with Gasteiger partial charge < -0.3 is 19.7 Å². The minimum absolute atomic E-state index is 0.0877. The number of hydrogen-bond donors (Lipinski definition) is 2. The summed E-state index contributed by atoms with van der Waals surface area (Å²) in [5, 5.41) is 15.7. The summed E-state index contributed by atoms with van der Waals surface area (Å²) in [6, 6.07) is 8.52. The summed E-state index contributed by atoms with van der Waals surface area (Å²) in [6.07, 6.45) is 7.29. The lowest BCUT2D eigenvalue weighted by Crippen LogP contribution is -2.27. The predicted molar refractivity (Wildman–Crippen MR) is 108 cm³/mol. The van der Waals surface area contributed by atoms with E-state index in [1.54, 1.807) is 0 Å². The van der Waals surface area contributed by atoms with Gasteiger partial charge in [0.05, 0.1) is 6.61 Å². The molecule has 1 aliphatic heterocycles. The van der Waals surface area contributed by atoms with Crippen LogP contribution < -0.4 is 0 Å². The van der Waals surface area contributed by atoms with Crippen molar-refractivity contribution in [1.29, 1.82) is 0 Å². The van der Waals surface area contributed by atoms with Gasteiger partial charge in [-0.05, 0) is 25.0 Å². The highest BCUT2D eigenvalue weighted by atomic mass is 16.3. The number of hydrogen-bond acceptors (Lipinski definition) is 4. The van der Waals surface area contributed by atoms with Crippen LogP contribution in [-0.2, 0) is 16.1 Å². The van der Waals surface area contributed by atoms with Gasteiger partial charge in [-0.15, -0.1) is 0 Å². The molecule has 2 N–H and O–H groups in total. The monoisotopic (exact) mass is 395 g/mol. The smallest absolute Gasteiger partial charge is 0.290 e. The Labute approximate surface area is 170 Å². The van der Waals surface area contributed by atoms with Crippen molar-refractivity contribution in [3.05, 3.63) is 42.2 Å². The molecule has 0 bridgehead atoms. The molecule has 1 amide bonds. The standard InChI is InChI=1S/C21H23N3O2.CH2O2/c25-12-2-1-3-16-4-6-18(7-5-16)21-22-10-11-23(21)14-17-13-20(26)24(15-17)19-8-9-19;2-1-3/h4-7,10-11,17,19,25H,2,8-9,12-15H2;1H,(H,2,3). The fourth-order valence-corrected chi connectivity index (χ4v) is 3.59. The molecule has 1 aromatic carbocycles. The van der Waals surface area contributed by atoms with Crippen molar-refractivity contribution >= 4 is 12.4 Å². The van der Waals surface area contributed by atoms with Crippen LogP contribution in [0.25, 0.3) is 11.4 Å². The van der Waals surface area contributed by atoms with Gasteiger partial charge in [-0.2, -0.15) is 0 Å². The van der Waals surface area contributed by atoms with Crippen LogP contribution in [0.3, 0.4) is 0 Å². The Morgan fingerprint density at radius 2 is 1.97 bits per heavy atom. The van der Waals surface area contributed by atoms with Gasteiger partial charge in [-0.3, -0.25) is 9.59 Å². The zero-order valence-electron chi connectivity index (χ0n) is 16.2. The summed E-state index contributed by atoms with van der Waals surface area (Å²) in [4.78, 5) is 27.1. The second-order valence-corrected chi connectivity index (χ2v) is 7.21. The van der Waals surface area contributed by atoms with E-state index in [0.29, 0.717) is 30.7 Å². The number of nitrogens with zero attached hydrogens (tertiary/aromatic N) is 3. The lowest BCUT2D eigenvalue weighted by molar-refractivity contribution is -0.128. The number of imidazole rings is 1. The lowest BCUT2D eigenvalue weighted by Gasteiger charge is -2.16. The van der Waals surface area contributed by atoms with Gasteiger partial charge in [0.2, 0.25) is 5.91 Å². The van der Waals surface area contributed by atoms with Crippen LogP contribution in [0.5, 0.6) is 0 Å². The molecule has 152 valence electrons. The fraction of sp³-hybridized carbons (Fsp3) is 0.409. The number of aromatic nitrogens is 2. The maximum Gasteiger partial charge on any atom is 0.290 e. The molecule has 1 saturated carbocycles. The molecular formula is C22H25N3O4. The largest absolute Gasteiger partial charge is 0.483 e. The molecule has 7 heteroatoms.